The summed E-state index contributed by atoms with van der Waals surface area (Å²) in [5.74, 6) is 3.19. The van der Waals surface area contributed by atoms with Crippen LogP contribution in [0.25, 0.3) is 28.0 Å². The topological polar surface area (TPSA) is 99.1 Å². The standard InChI is InChI=1S/C47H51NO8/c1-5-46(55-26-25-54-24-23-49)40-11-7-6-10-36(40)43-38-27-41(48-22-8-9-31(29-48)30-50)42(53-4)28-39(38)45-37(44(43)46)20-21-47(56-45,32-12-16-34(51-2)17-13-32)33-14-18-35(52-3)19-15-33/h6-7,10-21,27-28,31,49-50H,5,8-9,22-26,29-30H2,1-4H3. The van der Waals surface area contributed by atoms with Gasteiger partial charge in [0.15, 0.2) is 5.60 Å². The third-order valence-corrected chi connectivity index (χ3v) is 11.8. The first-order valence-corrected chi connectivity index (χ1v) is 19.6. The molecule has 292 valence electrons. The van der Waals surface area contributed by atoms with Gasteiger partial charge in [0, 0.05) is 47.3 Å². The van der Waals surface area contributed by atoms with E-state index in [1.165, 1.54) is 0 Å². The molecule has 2 heterocycles. The van der Waals surface area contributed by atoms with Gasteiger partial charge in [-0.15, -0.1) is 0 Å². The fourth-order valence-electron chi connectivity index (χ4n) is 9.10. The number of aliphatic hydroxyl groups is 2. The molecule has 5 aromatic carbocycles. The van der Waals surface area contributed by atoms with Crippen LogP contribution in [0.15, 0.2) is 91.0 Å². The van der Waals surface area contributed by atoms with Gasteiger partial charge in [0.2, 0.25) is 0 Å². The summed E-state index contributed by atoms with van der Waals surface area (Å²) >= 11 is 0. The maximum atomic E-state index is 10.2. The number of ether oxygens (including phenoxy) is 6. The van der Waals surface area contributed by atoms with Gasteiger partial charge >= 0.3 is 0 Å². The molecule has 0 spiro atoms. The van der Waals surface area contributed by atoms with Crippen LogP contribution in [0.1, 0.15) is 54.0 Å². The van der Waals surface area contributed by atoms with Crippen molar-refractivity contribution in [1.29, 1.82) is 0 Å². The lowest BCUT2D eigenvalue weighted by molar-refractivity contribution is -0.0499. The molecule has 1 fully saturated rings. The lowest BCUT2D eigenvalue weighted by Gasteiger charge is -2.40. The van der Waals surface area contributed by atoms with Crippen LogP contribution in [0.5, 0.6) is 23.0 Å². The first kappa shape index (κ1) is 37.8. The van der Waals surface area contributed by atoms with Gasteiger partial charge in [-0.05, 0) is 89.7 Å². The zero-order valence-electron chi connectivity index (χ0n) is 32.7. The van der Waals surface area contributed by atoms with Crippen molar-refractivity contribution in [1.82, 2.24) is 0 Å². The summed E-state index contributed by atoms with van der Waals surface area (Å²) in [6, 6.07) is 29.0. The first-order chi connectivity index (χ1) is 27.4. The fourth-order valence-corrected chi connectivity index (χ4v) is 9.10. The maximum Gasteiger partial charge on any atom is 0.178 e. The molecule has 1 aliphatic carbocycles. The minimum absolute atomic E-state index is 0.0434. The number of hydrogen-bond donors (Lipinski definition) is 2. The van der Waals surface area contributed by atoms with Gasteiger partial charge < -0.3 is 43.5 Å². The second kappa shape index (κ2) is 15.8. The van der Waals surface area contributed by atoms with Crippen LogP contribution in [0.2, 0.25) is 0 Å². The van der Waals surface area contributed by atoms with Gasteiger partial charge in [-0.25, -0.2) is 0 Å². The molecule has 9 nitrogen and oxygen atoms in total. The predicted molar refractivity (Wildman–Crippen MR) is 219 cm³/mol. The Morgan fingerprint density at radius 2 is 1.54 bits per heavy atom. The Morgan fingerprint density at radius 3 is 2.18 bits per heavy atom. The van der Waals surface area contributed by atoms with Crippen molar-refractivity contribution in [2.24, 2.45) is 5.92 Å². The van der Waals surface area contributed by atoms with Crippen LogP contribution in [0.3, 0.4) is 0 Å². The van der Waals surface area contributed by atoms with Crippen LogP contribution in [0, 0.1) is 5.92 Å². The highest BCUT2D eigenvalue weighted by Gasteiger charge is 2.49. The van der Waals surface area contributed by atoms with Crippen LogP contribution >= 0.6 is 0 Å². The fraction of sp³-hybridized carbons (Fsp3) is 0.362. The Morgan fingerprint density at radius 1 is 0.821 bits per heavy atom. The van der Waals surface area contributed by atoms with Crippen LogP contribution < -0.4 is 23.8 Å². The van der Waals surface area contributed by atoms with Crippen molar-refractivity contribution in [2.45, 2.75) is 37.4 Å². The van der Waals surface area contributed by atoms with Gasteiger partial charge in [0.25, 0.3) is 0 Å². The molecule has 2 unspecified atom stereocenters. The first-order valence-electron chi connectivity index (χ1n) is 19.6. The van der Waals surface area contributed by atoms with E-state index < -0.39 is 11.2 Å². The van der Waals surface area contributed by atoms with Gasteiger partial charge in [0.1, 0.15) is 28.6 Å². The van der Waals surface area contributed by atoms with E-state index in [0.717, 1.165) is 104 Å². The van der Waals surface area contributed by atoms with Crippen LogP contribution in [0.4, 0.5) is 5.69 Å². The van der Waals surface area contributed by atoms with Crippen LogP contribution in [-0.2, 0) is 20.7 Å². The average molecular weight is 758 g/mol. The lowest BCUT2D eigenvalue weighted by Crippen LogP contribution is -2.37. The summed E-state index contributed by atoms with van der Waals surface area (Å²) in [5.41, 5.74) is 6.38. The van der Waals surface area contributed by atoms with E-state index in [2.05, 4.69) is 84.6 Å². The summed E-state index contributed by atoms with van der Waals surface area (Å²) in [6.07, 6.45) is 7.02. The molecule has 5 aromatic rings. The summed E-state index contributed by atoms with van der Waals surface area (Å²) in [5, 5.41) is 21.5. The third-order valence-electron chi connectivity index (χ3n) is 11.8. The molecule has 8 rings (SSSR count). The quantitative estimate of drug-likeness (QED) is 0.109. The second-order valence-electron chi connectivity index (χ2n) is 14.7. The number of methoxy groups -OCH3 is 3. The van der Waals surface area contributed by atoms with Crippen molar-refractivity contribution in [3.8, 4) is 34.1 Å². The Bertz CT molecular complexity index is 2170. The molecule has 0 aromatic heterocycles. The minimum atomic E-state index is -1.01. The largest absolute Gasteiger partial charge is 0.497 e. The molecule has 56 heavy (non-hydrogen) atoms. The highest BCUT2D eigenvalue weighted by atomic mass is 16.5. The van der Waals surface area contributed by atoms with E-state index in [4.69, 9.17) is 28.4 Å². The van der Waals surface area contributed by atoms with Crippen molar-refractivity contribution in [3.63, 3.8) is 0 Å². The van der Waals surface area contributed by atoms with E-state index in [-0.39, 0.29) is 25.7 Å². The molecule has 9 heteroatoms. The Labute approximate surface area is 329 Å². The molecule has 0 radical (unpaired) electrons. The Hall–Kier alpha value is -5.06. The van der Waals surface area contributed by atoms with E-state index in [9.17, 15) is 10.2 Å². The van der Waals surface area contributed by atoms with Gasteiger partial charge in [-0.3, -0.25) is 0 Å². The molecular formula is C47H51NO8. The molecule has 0 bridgehead atoms. The summed E-state index contributed by atoms with van der Waals surface area (Å²) < 4.78 is 37.7. The van der Waals surface area contributed by atoms with Crippen LogP contribution in [-0.4, -0.2) is 77.7 Å². The number of hydrogen-bond acceptors (Lipinski definition) is 9. The van der Waals surface area contributed by atoms with Crippen molar-refractivity contribution in [2.75, 3.05) is 72.4 Å². The smallest absolute Gasteiger partial charge is 0.178 e. The van der Waals surface area contributed by atoms with Crippen molar-refractivity contribution in [3.05, 3.63) is 119 Å². The van der Waals surface area contributed by atoms with Crippen molar-refractivity contribution >= 4 is 22.5 Å². The SMILES string of the molecule is CCC1(OCCOCCO)c2ccccc2-c2c1c1c(c3cc(OC)c(N4CCCC(CO)C4)cc23)OC(c2ccc(OC)cc2)(c2ccc(OC)cc2)C=C1. The molecule has 0 saturated carbocycles. The summed E-state index contributed by atoms with van der Waals surface area (Å²) in [4.78, 5) is 2.36. The lowest BCUT2D eigenvalue weighted by atomic mass is 9.79. The van der Waals surface area contributed by atoms with Crippen molar-refractivity contribution < 1.29 is 38.6 Å². The number of fused-ring (bicyclic) bond motifs is 8. The second-order valence-corrected chi connectivity index (χ2v) is 14.7. The molecule has 2 aliphatic heterocycles. The zero-order chi connectivity index (χ0) is 38.9. The third kappa shape index (κ3) is 6.27. The highest BCUT2D eigenvalue weighted by molar-refractivity contribution is 6.10. The number of piperidine rings is 1. The Balaban J connectivity index is 1.42. The molecule has 3 aliphatic rings. The van der Waals surface area contributed by atoms with Gasteiger partial charge in [0.05, 0.1) is 53.4 Å². The number of rotatable bonds is 14. The number of nitrogens with zero attached hydrogens (tertiary/aromatic N) is 1. The van der Waals surface area contributed by atoms with E-state index in [1.54, 1.807) is 21.3 Å². The van der Waals surface area contributed by atoms with E-state index in [1.807, 2.05) is 24.3 Å². The normalized spacial score (nSPS) is 19.2. The van der Waals surface area contributed by atoms with E-state index >= 15 is 0 Å². The molecular weight excluding hydrogens is 707 g/mol. The molecule has 2 atom stereocenters. The van der Waals surface area contributed by atoms with E-state index in [0.29, 0.717) is 19.6 Å². The average Bonchev–Trinajstić information content (AvgIpc) is 3.56. The van der Waals surface area contributed by atoms with Gasteiger partial charge in [-0.1, -0.05) is 61.5 Å². The van der Waals surface area contributed by atoms with Gasteiger partial charge in [-0.2, -0.15) is 0 Å². The summed E-state index contributed by atoms with van der Waals surface area (Å²) in [7, 11) is 5.06. The number of anilines is 1. The summed E-state index contributed by atoms with van der Waals surface area (Å²) in [6.45, 7) is 4.84. The highest BCUT2D eigenvalue weighted by Crippen LogP contribution is 2.60. The molecule has 0 amide bonds. The molecule has 2 N–H and O–H groups in total. The minimum Gasteiger partial charge on any atom is -0.497 e. The number of aliphatic hydroxyl groups excluding tert-OH is 2. The monoisotopic (exact) mass is 757 g/mol. The zero-order valence-corrected chi connectivity index (χ0v) is 32.7. The predicted octanol–water partition coefficient (Wildman–Crippen LogP) is 8.08. The maximum absolute atomic E-state index is 10.2. The number of benzene rings is 5. The molecule has 1 saturated heterocycles. The Kier molecular flexibility index (Phi) is 10.7.